The SMILES string of the molecule is O=C(c1ccc(=O)[nH]n1)N1CCC(O)(Cc2cccc(Cl)c2)C1. The van der Waals surface area contributed by atoms with E-state index >= 15 is 0 Å². The molecule has 1 fully saturated rings. The molecule has 6 nitrogen and oxygen atoms in total. The van der Waals surface area contributed by atoms with Gasteiger partial charge in [-0.3, -0.25) is 9.59 Å². The number of rotatable bonds is 3. The van der Waals surface area contributed by atoms with Crippen molar-refractivity contribution in [3.05, 3.63) is 63.0 Å². The van der Waals surface area contributed by atoms with Crippen LogP contribution in [0.1, 0.15) is 22.5 Å². The molecule has 1 saturated heterocycles. The van der Waals surface area contributed by atoms with E-state index in [9.17, 15) is 14.7 Å². The van der Waals surface area contributed by atoms with E-state index in [2.05, 4.69) is 10.2 Å². The maximum absolute atomic E-state index is 12.4. The van der Waals surface area contributed by atoms with Crippen LogP contribution in [0.4, 0.5) is 0 Å². The summed E-state index contributed by atoms with van der Waals surface area (Å²) in [5.74, 6) is -0.303. The molecule has 2 N–H and O–H groups in total. The number of nitrogens with zero attached hydrogens (tertiary/aromatic N) is 2. The van der Waals surface area contributed by atoms with Crippen LogP contribution in [0.3, 0.4) is 0 Å². The predicted molar refractivity (Wildman–Crippen MR) is 85.5 cm³/mol. The number of amides is 1. The molecule has 3 rings (SSSR count). The highest BCUT2D eigenvalue weighted by Gasteiger charge is 2.38. The minimum Gasteiger partial charge on any atom is -0.388 e. The highest BCUT2D eigenvalue weighted by Crippen LogP contribution is 2.27. The number of nitrogens with one attached hydrogen (secondary N) is 1. The summed E-state index contributed by atoms with van der Waals surface area (Å²) in [7, 11) is 0. The Labute approximate surface area is 137 Å². The fraction of sp³-hybridized carbons (Fsp3) is 0.312. The van der Waals surface area contributed by atoms with Crippen LogP contribution in [0, 0.1) is 0 Å². The van der Waals surface area contributed by atoms with Crippen molar-refractivity contribution in [3.8, 4) is 0 Å². The van der Waals surface area contributed by atoms with Crippen molar-refractivity contribution >= 4 is 17.5 Å². The summed E-state index contributed by atoms with van der Waals surface area (Å²) in [5.41, 5.74) is -0.254. The van der Waals surface area contributed by atoms with Crippen molar-refractivity contribution in [2.45, 2.75) is 18.4 Å². The van der Waals surface area contributed by atoms with Crippen molar-refractivity contribution in [3.63, 3.8) is 0 Å². The number of aromatic nitrogens is 2. The van der Waals surface area contributed by atoms with Crippen LogP contribution < -0.4 is 5.56 Å². The molecule has 7 heteroatoms. The summed E-state index contributed by atoms with van der Waals surface area (Å²) in [6.07, 6.45) is 0.908. The zero-order valence-electron chi connectivity index (χ0n) is 12.3. The zero-order valence-corrected chi connectivity index (χ0v) is 13.1. The minimum absolute atomic E-state index is 0.164. The van der Waals surface area contributed by atoms with Gasteiger partial charge >= 0.3 is 0 Å². The molecule has 1 aromatic carbocycles. The molecule has 0 spiro atoms. The van der Waals surface area contributed by atoms with Crippen molar-refractivity contribution in [1.29, 1.82) is 0 Å². The lowest BCUT2D eigenvalue weighted by molar-refractivity contribution is 0.0443. The van der Waals surface area contributed by atoms with E-state index in [1.807, 2.05) is 18.2 Å². The molecule has 1 aromatic heterocycles. The first-order valence-electron chi connectivity index (χ1n) is 7.27. The summed E-state index contributed by atoms with van der Waals surface area (Å²) in [6.45, 7) is 0.663. The molecule has 0 saturated carbocycles. The van der Waals surface area contributed by atoms with Crippen LogP contribution in [0.2, 0.25) is 5.02 Å². The number of aliphatic hydroxyl groups is 1. The minimum atomic E-state index is -0.984. The Morgan fingerprint density at radius 2 is 2.22 bits per heavy atom. The summed E-state index contributed by atoms with van der Waals surface area (Å²) in [4.78, 5) is 24.9. The fourth-order valence-corrected chi connectivity index (χ4v) is 3.04. The second-order valence-electron chi connectivity index (χ2n) is 5.81. The van der Waals surface area contributed by atoms with Gasteiger partial charge in [0.25, 0.3) is 11.5 Å². The standard InChI is InChI=1S/C16H16ClN3O3/c17-12-3-1-2-11(8-12)9-16(23)6-7-20(10-16)15(22)13-4-5-14(21)19-18-13/h1-5,8,23H,6-7,9-10H2,(H,19,21). The molecule has 2 aromatic rings. The predicted octanol–water partition coefficient (Wildman–Crippen LogP) is 1.24. The molecule has 0 bridgehead atoms. The number of benzene rings is 1. The van der Waals surface area contributed by atoms with Gasteiger partial charge in [0.05, 0.1) is 12.1 Å². The third-order valence-electron chi connectivity index (χ3n) is 3.94. The second-order valence-corrected chi connectivity index (χ2v) is 6.25. The first-order chi connectivity index (χ1) is 11.0. The number of H-pyrrole nitrogens is 1. The first kappa shape index (κ1) is 15.7. The number of hydrogen-bond donors (Lipinski definition) is 2. The molecule has 1 amide bonds. The Balaban J connectivity index is 1.70. The fourth-order valence-electron chi connectivity index (χ4n) is 2.83. The van der Waals surface area contributed by atoms with Gasteiger partial charge in [-0.1, -0.05) is 23.7 Å². The lowest BCUT2D eigenvalue weighted by Crippen LogP contribution is -2.38. The zero-order chi connectivity index (χ0) is 16.4. The largest absolute Gasteiger partial charge is 0.388 e. The number of hydrogen-bond acceptors (Lipinski definition) is 4. The first-order valence-corrected chi connectivity index (χ1v) is 7.65. The quantitative estimate of drug-likeness (QED) is 0.885. The molecular formula is C16H16ClN3O3. The van der Waals surface area contributed by atoms with Crippen LogP contribution in [0.5, 0.6) is 0 Å². The normalized spacial score (nSPS) is 20.7. The number of halogens is 1. The highest BCUT2D eigenvalue weighted by molar-refractivity contribution is 6.30. The Bertz CT molecular complexity index is 772. The Kier molecular flexibility index (Phi) is 4.19. The summed E-state index contributed by atoms with van der Waals surface area (Å²) < 4.78 is 0. The third kappa shape index (κ3) is 3.60. The average molecular weight is 334 g/mol. The van der Waals surface area contributed by atoms with Crippen LogP contribution >= 0.6 is 11.6 Å². The van der Waals surface area contributed by atoms with E-state index in [1.165, 1.54) is 12.1 Å². The lowest BCUT2D eigenvalue weighted by Gasteiger charge is -2.23. The number of carbonyl (C=O) groups is 1. The molecule has 23 heavy (non-hydrogen) atoms. The monoisotopic (exact) mass is 333 g/mol. The molecule has 120 valence electrons. The third-order valence-corrected chi connectivity index (χ3v) is 4.18. The van der Waals surface area contributed by atoms with E-state index in [0.29, 0.717) is 24.4 Å². The summed E-state index contributed by atoms with van der Waals surface area (Å²) >= 11 is 5.96. The molecule has 1 aliphatic heterocycles. The van der Waals surface area contributed by atoms with Crippen molar-refractivity contribution in [1.82, 2.24) is 15.1 Å². The van der Waals surface area contributed by atoms with E-state index in [0.717, 1.165) is 5.56 Å². The van der Waals surface area contributed by atoms with Gasteiger partial charge in [-0.25, -0.2) is 5.10 Å². The number of β-amino-alcohol motifs (C(OH)–C–C–N with tert-alkyl or cyclic N) is 1. The highest BCUT2D eigenvalue weighted by atomic mass is 35.5. The number of likely N-dealkylation sites (tertiary alicyclic amines) is 1. The average Bonchev–Trinajstić information content (AvgIpc) is 2.89. The van der Waals surface area contributed by atoms with E-state index < -0.39 is 5.60 Å². The maximum atomic E-state index is 12.4. The topological polar surface area (TPSA) is 86.3 Å². The molecular weight excluding hydrogens is 318 g/mol. The van der Waals surface area contributed by atoms with Crippen LogP contribution in [-0.4, -0.2) is 44.8 Å². The van der Waals surface area contributed by atoms with E-state index in [-0.39, 0.29) is 23.7 Å². The van der Waals surface area contributed by atoms with Gasteiger partial charge in [0.1, 0.15) is 5.69 Å². The maximum Gasteiger partial charge on any atom is 0.274 e. The van der Waals surface area contributed by atoms with Gasteiger partial charge < -0.3 is 10.0 Å². The van der Waals surface area contributed by atoms with Gasteiger partial charge in [-0.05, 0) is 30.2 Å². The summed E-state index contributed by atoms with van der Waals surface area (Å²) in [6, 6.07) is 9.97. The van der Waals surface area contributed by atoms with Gasteiger partial charge in [0.2, 0.25) is 0 Å². The smallest absolute Gasteiger partial charge is 0.274 e. The van der Waals surface area contributed by atoms with Crippen LogP contribution in [0.25, 0.3) is 0 Å². The Hall–Kier alpha value is -2.18. The molecule has 0 radical (unpaired) electrons. The van der Waals surface area contributed by atoms with E-state index in [1.54, 1.807) is 11.0 Å². The van der Waals surface area contributed by atoms with Gasteiger partial charge in [-0.15, -0.1) is 0 Å². The van der Waals surface area contributed by atoms with Gasteiger partial charge in [-0.2, -0.15) is 5.10 Å². The Morgan fingerprint density at radius 1 is 1.39 bits per heavy atom. The lowest BCUT2D eigenvalue weighted by atomic mass is 9.94. The second kappa shape index (κ2) is 6.14. The molecule has 0 aliphatic carbocycles. The number of aromatic amines is 1. The van der Waals surface area contributed by atoms with Gasteiger partial charge in [0.15, 0.2) is 0 Å². The molecule has 1 unspecified atom stereocenters. The van der Waals surface area contributed by atoms with Crippen molar-refractivity contribution in [2.75, 3.05) is 13.1 Å². The number of carbonyl (C=O) groups excluding carboxylic acids is 1. The van der Waals surface area contributed by atoms with Crippen LogP contribution in [-0.2, 0) is 6.42 Å². The summed E-state index contributed by atoms with van der Waals surface area (Å²) in [5, 5.41) is 17.3. The van der Waals surface area contributed by atoms with Gasteiger partial charge in [0, 0.05) is 24.1 Å². The Morgan fingerprint density at radius 3 is 2.91 bits per heavy atom. The van der Waals surface area contributed by atoms with Crippen molar-refractivity contribution < 1.29 is 9.90 Å². The van der Waals surface area contributed by atoms with E-state index in [4.69, 9.17) is 11.6 Å². The van der Waals surface area contributed by atoms with Crippen LogP contribution in [0.15, 0.2) is 41.2 Å². The molecule has 1 atom stereocenters. The molecule has 1 aliphatic rings. The molecule has 2 heterocycles. The van der Waals surface area contributed by atoms with Crippen molar-refractivity contribution in [2.24, 2.45) is 0 Å².